The molecule has 8 aromatic carbocycles. The second kappa shape index (κ2) is 10.9. The summed E-state index contributed by atoms with van der Waals surface area (Å²) < 4.78 is 2.20. The quantitative estimate of drug-likeness (QED) is 0.190. The summed E-state index contributed by atoms with van der Waals surface area (Å²) in [4.78, 5) is 5.35. The average molecular weight is 665 g/mol. The zero-order chi connectivity index (χ0) is 34.3. The molecular formula is C47H28N4O. The number of nitrogens with zero attached hydrogens (tertiary/aromatic N) is 4. The predicted molar refractivity (Wildman–Crippen MR) is 213 cm³/mol. The third kappa shape index (κ3) is 4.26. The van der Waals surface area contributed by atoms with Gasteiger partial charge in [-0.15, -0.1) is 10.2 Å². The summed E-state index contributed by atoms with van der Waals surface area (Å²) in [6.07, 6.45) is 0. The Morgan fingerprint density at radius 1 is 0.423 bits per heavy atom. The lowest BCUT2D eigenvalue weighted by Gasteiger charge is -2.17. The predicted octanol–water partition coefficient (Wildman–Crippen LogP) is 11.7. The third-order valence-corrected chi connectivity index (χ3v) is 10.5. The van der Waals surface area contributed by atoms with Gasteiger partial charge in [-0.1, -0.05) is 121 Å². The molecule has 0 aliphatic heterocycles. The van der Waals surface area contributed by atoms with Crippen LogP contribution in [0, 0.1) is 0 Å². The van der Waals surface area contributed by atoms with Crippen molar-refractivity contribution in [3.8, 4) is 45.2 Å². The van der Waals surface area contributed by atoms with E-state index in [1.165, 1.54) is 16.2 Å². The maximum atomic E-state index is 11.8. The number of hydrogen-bond donors (Lipinski definition) is 1. The van der Waals surface area contributed by atoms with Crippen LogP contribution in [0.3, 0.4) is 0 Å². The first kappa shape index (κ1) is 28.7. The standard InChI is InChI=1S/C47H28N4O/c52-43-26-33-18-17-29-12-8-13-30-19-22-37(46(33)45(29)30)47(43)40-24-34(28-9-2-1-3-10-28)23-39(48-40)32-20-21-36-35-14-5-7-16-41(35)51(42(36)25-32)44-27-31-11-4-6-15-38(31)49-50-44/h1-27,52H. The Morgan fingerprint density at radius 2 is 1.13 bits per heavy atom. The summed E-state index contributed by atoms with van der Waals surface area (Å²) >= 11 is 0. The van der Waals surface area contributed by atoms with E-state index < -0.39 is 0 Å². The van der Waals surface area contributed by atoms with E-state index in [0.29, 0.717) is 5.69 Å². The van der Waals surface area contributed by atoms with E-state index in [0.717, 1.165) is 82.6 Å². The van der Waals surface area contributed by atoms with Crippen LogP contribution < -0.4 is 0 Å². The first-order valence-corrected chi connectivity index (χ1v) is 17.4. The molecule has 0 saturated carbocycles. The van der Waals surface area contributed by atoms with Gasteiger partial charge in [-0.3, -0.25) is 4.57 Å². The number of benzene rings is 8. The molecular weight excluding hydrogens is 637 g/mol. The van der Waals surface area contributed by atoms with Gasteiger partial charge in [0.05, 0.1) is 27.9 Å². The Bertz CT molecular complexity index is 3190. The smallest absolute Gasteiger partial charge is 0.160 e. The second-order valence-corrected chi connectivity index (χ2v) is 13.5. The number of para-hydroxylation sites is 1. The molecule has 0 fully saturated rings. The van der Waals surface area contributed by atoms with Gasteiger partial charge in [0.15, 0.2) is 5.82 Å². The van der Waals surface area contributed by atoms with Gasteiger partial charge in [-0.25, -0.2) is 4.98 Å². The number of hydrogen-bond acceptors (Lipinski definition) is 4. The molecule has 11 aromatic rings. The molecule has 5 nitrogen and oxygen atoms in total. The largest absolute Gasteiger partial charge is 0.507 e. The Hall–Kier alpha value is -7.11. The molecule has 3 aromatic heterocycles. The fourth-order valence-corrected chi connectivity index (χ4v) is 8.13. The summed E-state index contributed by atoms with van der Waals surface area (Å²) in [6, 6.07) is 56.6. The average Bonchev–Trinajstić information content (AvgIpc) is 3.53. The Labute approximate surface area is 298 Å². The Balaban J connectivity index is 1.18. The van der Waals surface area contributed by atoms with E-state index in [-0.39, 0.29) is 5.75 Å². The van der Waals surface area contributed by atoms with Gasteiger partial charge in [0.25, 0.3) is 0 Å². The number of pyridine rings is 1. The lowest BCUT2D eigenvalue weighted by Crippen LogP contribution is -1.99. The lowest BCUT2D eigenvalue weighted by molar-refractivity contribution is 0.478. The van der Waals surface area contributed by atoms with Crippen molar-refractivity contribution in [3.05, 3.63) is 164 Å². The van der Waals surface area contributed by atoms with Gasteiger partial charge in [0.1, 0.15) is 5.75 Å². The van der Waals surface area contributed by atoms with Crippen LogP contribution in [0.4, 0.5) is 0 Å². The van der Waals surface area contributed by atoms with Gasteiger partial charge >= 0.3 is 0 Å². The number of phenolic OH excluding ortho intramolecular Hbond substituents is 1. The molecule has 0 radical (unpaired) electrons. The van der Waals surface area contributed by atoms with E-state index in [2.05, 4.69) is 143 Å². The Morgan fingerprint density at radius 3 is 2.04 bits per heavy atom. The van der Waals surface area contributed by atoms with Crippen LogP contribution in [-0.2, 0) is 0 Å². The van der Waals surface area contributed by atoms with Gasteiger partial charge in [-0.2, -0.15) is 0 Å². The maximum Gasteiger partial charge on any atom is 0.160 e. The topological polar surface area (TPSA) is 63.8 Å². The molecule has 0 aliphatic carbocycles. The molecule has 0 amide bonds. The van der Waals surface area contributed by atoms with E-state index in [4.69, 9.17) is 10.1 Å². The summed E-state index contributed by atoms with van der Waals surface area (Å²) in [5.41, 5.74) is 8.24. The van der Waals surface area contributed by atoms with Crippen molar-refractivity contribution in [3.63, 3.8) is 0 Å². The number of aromatic hydroxyl groups is 1. The van der Waals surface area contributed by atoms with Crippen molar-refractivity contribution in [1.82, 2.24) is 19.7 Å². The maximum absolute atomic E-state index is 11.8. The molecule has 52 heavy (non-hydrogen) atoms. The number of phenols is 1. The highest BCUT2D eigenvalue weighted by Crippen LogP contribution is 2.45. The van der Waals surface area contributed by atoms with Crippen LogP contribution in [0.1, 0.15) is 0 Å². The SMILES string of the molecule is Oc1cc2ccc3cccc4ccc(c1-c1cc(-c5ccccc5)cc(-c5ccc6c7ccccc7n(-c7cc8ccccc8nn7)c6c5)n1)c2c34. The van der Waals surface area contributed by atoms with Crippen molar-refractivity contribution in [2.45, 2.75) is 0 Å². The molecule has 11 rings (SSSR count). The normalized spacial score (nSPS) is 11.9. The zero-order valence-corrected chi connectivity index (χ0v) is 27.8. The Kier molecular flexibility index (Phi) is 6.04. The summed E-state index contributed by atoms with van der Waals surface area (Å²) in [5.74, 6) is 0.965. The molecule has 1 N–H and O–H groups in total. The number of aromatic nitrogens is 4. The molecule has 242 valence electrons. The molecule has 3 heterocycles. The van der Waals surface area contributed by atoms with Crippen LogP contribution in [0.5, 0.6) is 5.75 Å². The molecule has 0 atom stereocenters. The molecule has 5 heteroatoms. The van der Waals surface area contributed by atoms with Crippen molar-refractivity contribution in [1.29, 1.82) is 0 Å². The zero-order valence-electron chi connectivity index (χ0n) is 27.8. The van der Waals surface area contributed by atoms with Gasteiger partial charge in [0, 0.05) is 27.3 Å². The monoisotopic (exact) mass is 664 g/mol. The summed E-state index contributed by atoms with van der Waals surface area (Å²) in [7, 11) is 0. The number of fused-ring (bicyclic) bond motifs is 4. The van der Waals surface area contributed by atoms with Crippen LogP contribution in [-0.4, -0.2) is 24.9 Å². The lowest BCUT2D eigenvalue weighted by atomic mass is 9.89. The first-order chi connectivity index (χ1) is 25.7. The minimum Gasteiger partial charge on any atom is -0.507 e. The van der Waals surface area contributed by atoms with Gasteiger partial charge in [0.2, 0.25) is 0 Å². The minimum atomic E-state index is 0.208. The highest BCUT2D eigenvalue weighted by molar-refractivity contribution is 6.26. The van der Waals surface area contributed by atoms with Crippen molar-refractivity contribution >= 4 is 65.0 Å². The van der Waals surface area contributed by atoms with E-state index in [1.54, 1.807) is 0 Å². The summed E-state index contributed by atoms with van der Waals surface area (Å²) in [6.45, 7) is 0. The molecule has 0 spiro atoms. The molecule has 0 unspecified atom stereocenters. The third-order valence-electron chi connectivity index (χ3n) is 10.5. The van der Waals surface area contributed by atoms with Gasteiger partial charge < -0.3 is 5.11 Å². The molecule has 0 aliphatic rings. The molecule has 0 saturated heterocycles. The highest BCUT2D eigenvalue weighted by Gasteiger charge is 2.20. The van der Waals surface area contributed by atoms with E-state index >= 15 is 0 Å². The fraction of sp³-hybridized carbons (Fsp3) is 0. The van der Waals surface area contributed by atoms with Crippen molar-refractivity contribution < 1.29 is 5.11 Å². The minimum absolute atomic E-state index is 0.208. The van der Waals surface area contributed by atoms with Gasteiger partial charge in [-0.05, 0) is 85.9 Å². The van der Waals surface area contributed by atoms with Crippen molar-refractivity contribution in [2.24, 2.45) is 0 Å². The second-order valence-electron chi connectivity index (χ2n) is 13.5. The number of rotatable bonds is 4. The van der Waals surface area contributed by atoms with Crippen molar-refractivity contribution in [2.75, 3.05) is 0 Å². The first-order valence-electron chi connectivity index (χ1n) is 17.4. The fourth-order valence-electron chi connectivity index (χ4n) is 8.13. The summed E-state index contributed by atoms with van der Waals surface area (Å²) in [5, 5.41) is 31.0. The van der Waals surface area contributed by atoms with E-state index in [9.17, 15) is 5.11 Å². The molecule has 0 bridgehead atoms. The van der Waals surface area contributed by atoms with Crippen LogP contribution in [0.2, 0.25) is 0 Å². The highest BCUT2D eigenvalue weighted by atomic mass is 16.3. The van der Waals surface area contributed by atoms with E-state index in [1.807, 2.05) is 30.3 Å². The van der Waals surface area contributed by atoms with Crippen LogP contribution in [0.25, 0.3) is 104 Å². The van der Waals surface area contributed by atoms with Crippen LogP contribution in [0.15, 0.2) is 164 Å². The van der Waals surface area contributed by atoms with Crippen LogP contribution >= 0.6 is 0 Å².